The molecular weight excluding hydrogens is 473 g/mol. The molecule has 0 saturated heterocycles. The van der Waals surface area contributed by atoms with Gasteiger partial charge in [0.2, 0.25) is 0 Å². The molecule has 1 atom stereocenters. The third-order valence-electron chi connectivity index (χ3n) is 6.34. The van der Waals surface area contributed by atoms with Crippen molar-refractivity contribution < 1.29 is 14.3 Å². The van der Waals surface area contributed by atoms with Gasteiger partial charge in [0.25, 0.3) is 0 Å². The molecule has 0 bridgehead atoms. The third kappa shape index (κ3) is 4.69. The van der Waals surface area contributed by atoms with Crippen molar-refractivity contribution in [3.05, 3.63) is 83.3 Å². The first-order valence-electron chi connectivity index (χ1n) is 11.0. The maximum Gasteiger partial charge on any atom is 0.304 e. The van der Waals surface area contributed by atoms with Gasteiger partial charge in [0.05, 0.1) is 12.1 Å². The Morgan fingerprint density at radius 3 is 2.59 bits per heavy atom. The number of fused-ring (bicyclic) bond motifs is 1. The molecule has 1 unspecified atom stereocenters. The highest BCUT2D eigenvalue weighted by Gasteiger charge is 2.47. The van der Waals surface area contributed by atoms with Crippen LogP contribution in [0.4, 0.5) is 4.39 Å². The van der Waals surface area contributed by atoms with Crippen LogP contribution in [0, 0.1) is 5.82 Å². The van der Waals surface area contributed by atoms with Gasteiger partial charge in [0, 0.05) is 23.6 Å². The first-order chi connectivity index (χ1) is 16.0. The summed E-state index contributed by atoms with van der Waals surface area (Å²) in [5.41, 5.74) is 4.31. The maximum absolute atomic E-state index is 15.0. The van der Waals surface area contributed by atoms with Crippen LogP contribution in [-0.4, -0.2) is 27.6 Å². The summed E-state index contributed by atoms with van der Waals surface area (Å²) in [4.78, 5) is 21.1. The van der Waals surface area contributed by atoms with Crippen molar-refractivity contribution in [1.29, 1.82) is 0 Å². The van der Waals surface area contributed by atoms with E-state index in [0.29, 0.717) is 17.1 Å². The van der Waals surface area contributed by atoms with Crippen molar-refractivity contribution >= 4 is 40.1 Å². The van der Waals surface area contributed by atoms with Crippen LogP contribution in [-0.2, 0) is 10.2 Å². The van der Waals surface area contributed by atoms with Gasteiger partial charge < -0.3 is 10.4 Å². The minimum atomic E-state index is -0.861. The topological polar surface area (TPSA) is 75.1 Å². The fourth-order valence-corrected chi connectivity index (χ4v) is 5.23. The summed E-state index contributed by atoms with van der Waals surface area (Å²) in [6.07, 6.45) is 2.18. The summed E-state index contributed by atoms with van der Waals surface area (Å²) >= 11 is 1.41. The third-order valence-corrected chi connectivity index (χ3v) is 7.33. The van der Waals surface area contributed by atoms with Crippen LogP contribution in [0.25, 0.3) is 20.9 Å². The SMILES string of the molecule is CC(NCCC(=O)O)c1ccc(-c2nc3ccc(C4(c5ccccc5)CC4)nc3s2)c(F)c1.Cl. The summed E-state index contributed by atoms with van der Waals surface area (Å²) in [5, 5.41) is 12.5. The molecule has 5 nitrogen and oxygen atoms in total. The van der Waals surface area contributed by atoms with E-state index in [-0.39, 0.29) is 36.1 Å². The van der Waals surface area contributed by atoms with Crippen LogP contribution in [0.2, 0.25) is 0 Å². The van der Waals surface area contributed by atoms with Gasteiger partial charge in [0.15, 0.2) is 0 Å². The van der Waals surface area contributed by atoms with Gasteiger partial charge >= 0.3 is 5.97 Å². The number of nitrogens with one attached hydrogen (secondary N) is 1. The quantitative estimate of drug-likeness (QED) is 0.306. The van der Waals surface area contributed by atoms with Gasteiger partial charge in [-0.3, -0.25) is 4.79 Å². The van der Waals surface area contributed by atoms with E-state index < -0.39 is 5.97 Å². The fraction of sp³-hybridized carbons (Fsp3) is 0.269. The molecule has 2 aromatic heterocycles. The number of rotatable bonds is 8. The number of nitrogens with zero attached hydrogens (tertiary/aromatic N) is 2. The van der Waals surface area contributed by atoms with E-state index in [1.165, 1.54) is 23.0 Å². The molecule has 2 N–H and O–H groups in total. The van der Waals surface area contributed by atoms with Crippen LogP contribution >= 0.6 is 23.7 Å². The van der Waals surface area contributed by atoms with Crippen LogP contribution in [0.5, 0.6) is 0 Å². The number of aromatic nitrogens is 2. The highest BCUT2D eigenvalue weighted by atomic mass is 35.5. The standard InChI is InChI=1S/C26H24FN3O2S.ClH/c1-16(28-14-11-23(31)32)17-7-8-19(20(27)15-17)24-29-21-9-10-22(30-25(21)33-24)26(12-13-26)18-5-3-2-4-6-18;/h2-10,15-16,28H,11-14H2,1H3,(H,31,32);1H. The average Bonchev–Trinajstić information content (AvgIpc) is 3.52. The molecular formula is C26H25ClFN3O2S. The van der Waals surface area contributed by atoms with E-state index >= 15 is 0 Å². The van der Waals surface area contributed by atoms with Gasteiger partial charge in [-0.05, 0) is 55.2 Å². The van der Waals surface area contributed by atoms with Crippen molar-refractivity contribution in [1.82, 2.24) is 15.3 Å². The van der Waals surface area contributed by atoms with E-state index in [1.807, 2.05) is 25.1 Å². The van der Waals surface area contributed by atoms with Crippen LogP contribution < -0.4 is 5.32 Å². The minimum Gasteiger partial charge on any atom is -0.481 e. The molecule has 0 spiro atoms. The van der Waals surface area contributed by atoms with E-state index in [1.54, 1.807) is 6.07 Å². The zero-order valence-corrected chi connectivity index (χ0v) is 20.3. The molecule has 1 saturated carbocycles. The molecule has 176 valence electrons. The number of carbonyl (C=O) groups is 1. The lowest BCUT2D eigenvalue weighted by molar-refractivity contribution is -0.136. The lowest BCUT2D eigenvalue weighted by Gasteiger charge is -2.14. The molecule has 0 amide bonds. The van der Waals surface area contributed by atoms with Gasteiger partial charge in [-0.1, -0.05) is 47.7 Å². The monoisotopic (exact) mass is 497 g/mol. The molecule has 2 heterocycles. The normalized spacial score (nSPS) is 15.0. The molecule has 4 aromatic rings. The van der Waals surface area contributed by atoms with Crippen molar-refractivity contribution in [2.75, 3.05) is 6.54 Å². The van der Waals surface area contributed by atoms with E-state index in [0.717, 1.165) is 34.4 Å². The molecule has 0 aliphatic heterocycles. The second-order valence-electron chi connectivity index (χ2n) is 8.55. The van der Waals surface area contributed by atoms with Crippen LogP contribution in [0.3, 0.4) is 0 Å². The van der Waals surface area contributed by atoms with Crippen LogP contribution in [0.1, 0.15) is 49.0 Å². The number of pyridine rings is 1. The Morgan fingerprint density at radius 1 is 1.15 bits per heavy atom. The Bertz CT molecular complexity index is 1320. The zero-order chi connectivity index (χ0) is 23.0. The summed E-state index contributed by atoms with van der Waals surface area (Å²) in [7, 11) is 0. The Labute approximate surface area is 207 Å². The largest absolute Gasteiger partial charge is 0.481 e. The molecule has 34 heavy (non-hydrogen) atoms. The molecule has 1 aliphatic rings. The number of thiazole rings is 1. The summed E-state index contributed by atoms with van der Waals surface area (Å²) < 4.78 is 15.0. The number of hydrogen-bond donors (Lipinski definition) is 2. The molecule has 2 aromatic carbocycles. The Morgan fingerprint density at radius 2 is 1.91 bits per heavy atom. The highest BCUT2D eigenvalue weighted by molar-refractivity contribution is 7.21. The molecule has 1 aliphatic carbocycles. The smallest absolute Gasteiger partial charge is 0.304 e. The number of hydrogen-bond acceptors (Lipinski definition) is 5. The van der Waals surface area contributed by atoms with Crippen molar-refractivity contribution in [2.24, 2.45) is 0 Å². The number of halogens is 2. The first kappa shape index (κ1) is 24.3. The average molecular weight is 498 g/mol. The van der Waals surface area contributed by atoms with Gasteiger partial charge in [0.1, 0.15) is 21.2 Å². The molecule has 1 fully saturated rings. The molecule has 0 radical (unpaired) electrons. The summed E-state index contributed by atoms with van der Waals surface area (Å²) in [6.45, 7) is 2.22. The second kappa shape index (κ2) is 9.78. The number of carboxylic acid groups (broad SMARTS) is 1. The summed E-state index contributed by atoms with van der Waals surface area (Å²) in [6, 6.07) is 19.4. The van der Waals surface area contributed by atoms with Crippen molar-refractivity contribution in [3.63, 3.8) is 0 Å². The Hall–Kier alpha value is -2.87. The van der Waals surface area contributed by atoms with Gasteiger partial charge in [-0.25, -0.2) is 14.4 Å². The maximum atomic E-state index is 15.0. The van der Waals surface area contributed by atoms with Crippen molar-refractivity contribution in [2.45, 2.75) is 37.6 Å². The zero-order valence-electron chi connectivity index (χ0n) is 18.6. The fourth-order valence-electron chi connectivity index (χ4n) is 4.26. The molecule has 8 heteroatoms. The van der Waals surface area contributed by atoms with Gasteiger partial charge in [-0.15, -0.1) is 12.4 Å². The number of aliphatic carboxylic acids is 1. The van der Waals surface area contributed by atoms with Gasteiger partial charge in [-0.2, -0.15) is 0 Å². The Kier molecular flexibility index (Phi) is 6.98. The van der Waals surface area contributed by atoms with E-state index in [4.69, 9.17) is 10.1 Å². The Balaban J connectivity index is 0.00000274. The lowest BCUT2D eigenvalue weighted by Crippen LogP contribution is -2.22. The second-order valence-corrected chi connectivity index (χ2v) is 9.52. The minimum absolute atomic E-state index is 0. The number of carboxylic acids is 1. The van der Waals surface area contributed by atoms with Crippen LogP contribution in [0.15, 0.2) is 60.7 Å². The lowest BCUT2D eigenvalue weighted by atomic mass is 9.92. The van der Waals surface area contributed by atoms with E-state index in [2.05, 4.69) is 40.6 Å². The number of benzene rings is 2. The highest BCUT2D eigenvalue weighted by Crippen LogP contribution is 2.53. The molecule has 5 rings (SSSR count). The predicted octanol–water partition coefficient (Wildman–Crippen LogP) is 6.12. The predicted molar refractivity (Wildman–Crippen MR) is 135 cm³/mol. The van der Waals surface area contributed by atoms with E-state index in [9.17, 15) is 9.18 Å². The summed E-state index contributed by atoms with van der Waals surface area (Å²) in [5.74, 6) is -1.21. The first-order valence-corrected chi connectivity index (χ1v) is 11.9. The van der Waals surface area contributed by atoms with Crippen molar-refractivity contribution in [3.8, 4) is 10.6 Å².